The van der Waals surface area contributed by atoms with Crippen LogP contribution < -0.4 is 4.74 Å². The normalized spacial score (nSPS) is 9.67. The molecule has 3 nitrogen and oxygen atoms in total. The van der Waals surface area contributed by atoms with E-state index in [-0.39, 0.29) is 13.0 Å². The Morgan fingerprint density at radius 1 is 1.40 bits per heavy atom. The van der Waals surface area contributed by atoms with Crippen molar-refractivity contribution in [3.63, 3.8) is 0 Å². The molecule has 0 atom stereocenters. The van der Waals surface area contributed by atoms with Gasteiger partial charge in [-0.15, -0.1) is 0 Å². The first-order chi connectivity index (χ1) is 7.08. The summed E-state index contributed by atoms with van der Waals surface area (Å²) in [4.78, 5) is 10.4. The van der Waals surface area contributed by atoms with Crippen molar-refractivity contribution in [3.05, 3.63) is 41.4 Å². The van der Waals surface area contributed by atoms with Gasteiger partial charge in [0.15, 0.2) is 0 Å². The molecule has 0 saturated carbocycles. The predicted molar refractivity (Wildman–Crippen MR) is 58.3 cm³/mol. The first-order valence-corrected chi connectivity index (χ1v) is 4.72. The van der Waals surface area contributed by atoms with E-state index in [2.05, 4.69) is 6.58 Å². The molecule has 0 aliphatic heterocycles. The number of carboxylic acid groups (broad SMARTS) is 1. The average molecular weight is 227 g/mol. The number of hydrogen-bond acceptors (Lipinski definition) is 2. The van der Waals surface area contributed by atoms with Gasteiger partial charge in [-0.1, -0.05) is 30.3 Å². The molecule has 0 amide bonds. The van der Waals surface area contributed by atoms with Gasteiger partial charge in [0.2, 0.25) is 0 Å². The van der Waals surface area contributed by atoms with Crippen molar-refractivity contribution in [3.8, 4) is 5.75 Å². The van der Waals surface area contributed by atoms with Crippen LogP contribution in [0.1, 0.15) is 5.56 Å². The molecule has 0 fully saturated rings. The molecule has 4 heteroatoms. The van der Waals surface area contributed by atoms with E-state index in [1.807, 2.05) is 0 Å². The van der Waals surface area contributed by atoms with Crippen LogP contribution in [0.15, 0.2) is 35.9 Å². The summed E-state index contributed by atoms with van der Waals surface area (Å²) in [5.74, 6) is -0.205. The zero-order valence-electron chi connectivity index (χ0n) is 8.07. The second-order valence-electron chi connectivity index (χ2n) is 3.02. The van der Waals surface area contributed by atoms with Crippen LogP contribution in [0.4, 0.5) is 0 Å². The van der Waals surface area contributed by atoms with Crippen molar-refractivity contribution < 1.29 is 14.6 Å². The van der Waals surface area contributed by atoms with Gasteiger partial charge < -0.3 is 9.84 Å². The summed E-state index contributed by atoms with van der Waals surface area (Å²) in [6.07, 6.45) is 0.0164. The molecule has 0 aliphatic rings. The number of carbonyl (C=O) groups is 1. The summed E-state index contributed by atoms with van der Waals surface area (Å²) >= 11 is 5.53. The molecule has 0 saturated heterocycles. The van der Waals surface area contributed by atoms with Crippen LogP contribution in [0.25, 0.3) is 0 Å². The summed E-state index contributed by atoms with van der Waals surface area (Å²) in [5.41, 5.74) is 0.736. The van der Waals surface area contributed by atoms with Gasteiger partial charge in [-0.05, 0) is 17.7 Å². The Labute approximate surface area is 92.9 Å². The number of carboxylic acids is 1. The van der Waals surface area contributed by atoms with Crippen molar-refractivity contribution in [2.45, 2.75) is 6.42 Å². The number of ether oxygens (including phenoxy) is 1. The third kappa shape index (κ3) is 4.51. The molecule has 0 aromatic heterocycles. The molecule has 0 bridgehead atoms. The lowest BCUT2D eigenvalue weighted by Crippen LogP contribution is -2.00. The Morgan fingerprint density at radius 2 is 2.00 bits per heavy atom. The second kappa shape index (κ2) is 5.41. The Kier molecular flexibility index (Phi) is 4.18. The molecular formula is C11H11ClO3. The van der Waals surface area contributed by atoms with Crippen LogP contribution in [0.5, 0.6) is 5.75 Å². The molecule has 15 heavy (non-hydrogen) atoms. The predicted octanol–water partition coefficient (Wildman–Crippen LogP) is 2.44. The molecular weight excluding hydrogens is 216 g/mol. The van der Waals surface area contributed by atoms with Crippen LogP contribution in [-0.4, -0.2) is 17.7 Å². The third-order valence-corrected chi connectivity index (χ3v) is 1.78. The van der Waals surface area contributed by atoms with Gasteiger partial charge in [0.05, 0.1) is 6.42 Å². The molecule has 0 unspecified atom stereocenters. The van der Waals surface area contributed by atoms with E-state index >= 15 is 0 Å². The fourth-order valence-corrected chi connectivity index (χ4v) is 1.09. The molecule has 1 rings (SSSR count). The quantitative estimate of drug-likeness (QED) is 0.839. The van der Waals surface area contributed by atoms with Crippen molar-refractivity contribution >= 4 is 17.6 Å². The maximum absolute atomic E-state index is 10.4. The maximum Gasteiger partial charge on any atom is 0.307 e. The zero-order chi connectivity index (χ0) is 11.3. The monoisotopic (exact) mass is 226 g/mol. The molecule has 1 aromatic carbocycles. The largest absolute Gasteiger partial charge is 0.488 e. The van der Waals surface area contributed by atoms with E-state index in [9.17, 15) is 4.79 Å². The van der Waals surface area contributed by atoms with Gasteiger partial charge >= 0.3 is 5.97 Å². The lowest BCUT2D eigenvalue weighted by molar-refractivity contribution is -0.136. The summed E-state index contributed by atoms with van der Waals surface area (Å²) in [5, 5.41) is 8.97. The maximum atomic E-state index is 10.4. The van der Waals surface area contributed by atoms with Gasteiger partial charge in [0.1, 0.15) is 12.4 Å². The van der Waals surface area contributed by atoms with Crippen molar-refractivity contribution in [2.24, 2.45) is 0 Å². The van der Waals surface area contributed by atoms with Crippen molar-refractivity contribution in [1.82, 2.24) is 0 Å². The Bertz CT molecular complexity index is 357. The number of halogens is 1. The topological polar surface area (TPSA) is 46.5 Å². The Balaban J connectivity index is 2.56. The minimum absolute atomic E-state index is 0.0164. The van der Waals surface area contributed by atoms with Crippen LogP contribution in [0.3, 0.4) is 0 Å². The molecule has 1 aromatic rings. The van der Waals surface area contributed by atoms with Crippen molar-refractivity contribution in [2.75, 3.05) is 6.61 Å². The molecule has 1 N–H and O–H groups in total. The first kappa shape index (κ1) is 11.6. The lowest BCUT2D eigenvalue weighted by atomic mass is 10.1. The lowest BCUT2D eigenvalue weighted by Gasteiger charge is -2.05. The van der Waals surface area contributed by atoms with Gasteiger partial charge in [0, 0.05) is 5.03 Å². The van der Waals surface area contributed by atoms with Crippen LogP contribution in [0.2, 0.25) is 0 Å². The van der Waals surface area contributed by atoms with Gasteiger partial charge in [0.25, 0.3) is 0 Å². The standard InChI is InChI=1S/C11H11ClO3/c1-8(12)7-15-10-4-2-9(3-5-10)6-11(13)14/h2-5H,1,6-7H2,(H,13,14). The SMILES string of the molecule is C=C(Cl)COc1ccc(CC(=O)O)cc1. The highest BCUT2D eigenvalue weighted by molar-refractivity contribution is 6.29. The third-order valence-electron chi connectivity index (χ3n) is 1.67. The van der Waals surface area contributed by atoms with Crippen molar-refractivity contribution in [1.29, 1.82) is 0 Å². The summed E-state index contributed by atoms with van der Waals surface area (Å²) in [6, 6.07) is 6.83. The highest BCUT2D eigenvalue weighted by atomic mass is 35.5. The summed E-state index contributed by atoms with van der Waals surface area (Å²) in [6.45, 7) is 3.74. The minimum atomic E-state index is -0.849. The smallest absolute Gasteiger partial charge is 0.307 e. The minimum Gasteiger partial charge on any atom is -0.488 e. The fraction of sp³-hybridized carbons (Fsp3) is 0.182. The number of hydrogen-bond donors (Lipinski definition) is 1. The second-order valence-corrected chi connectivity index (χ2v) is 3.55. The first-order valence-electron chi connectivity index (χ1n) is 4.35. The number of rotatable bonds is 5. The highest BCUT2D eigenvalue weighted by Crippen LogP contribution is 2.13. The number of aliphatic carboxylic acids is 1. The van der Waals surface area contributed by atoms with E-state index in [1.165, 1.54) is 0 Å². The van der Waals surface area contributed by atoms with E-state index in [0.29, 0.717) is 10.8 Å². The summed E-state index contributed by atoms with van der Waals surface area (Å²) < 4.78 is 5.25. The van der Waals surface area contributed by atoms with Crippen LogP contribution in [0, 0.1) is 0 Å². The van der Waals surface area contributed by atoms with E-state index in [4.69, 9.17) is 21.4 Å². The van der Waals surface area contributed by atoms with E-state index < -0.39 is 5.97 Å². The van der Waals surface area contributed by atoms with E-state index in [1.54, 1.807) is 24.3 Å². The molecule has 0 radical (unpaired) electrons. The molecule has 0 spiro atoms. The van der Waals surface area contributed by atoms with Crippen LogP contribution >= 0.6 is 11.6 Å². The molecule has 0 heterocycles. The van der Waals surface area contributed by atoms with Gasteiger partial charge in [-0.3, -0.25) is 4.79 Å². The van der Waals surface area contributed by atoms with Crippen LogP contribution in [-0.2, 0) is 11.2 Å². The van der Waals surface area contributed by atoms with Gasteiger partial charge in [-0.2, -0.15) is 0 Å². The average Bonchev–Trinajstić information content (AvgIpc) is 2.16. The van der Waals surface area contributed by atoms with Gasteiger partial charge in [-0.25, -0.2) is 0 Å². The highest BCUT2D eigenvalue weighted by Gasteiger charge is 2.00. The molecule has 0 aliphatic carbocycles. The Morgan fingerprint density at radius 3 is 2.47 bits per heavy atom. The fourth-order valence-electron chi connectivity index (χ4n) is 1.04. The molecule has 80 valence electrons. The number of benzene rings is 1. The summed E-state index contributed by atoms with van der Waals surface area (Å²) in [7, 11) is 0. The Hall–Kier alpha value is -1.48. The zero-order valence-corrected chi connectivity index (χ0v) is 8.83. The van der Waals surface area contributed by atoms with E-state index in [0.717, 1.165) is 5.56 Å².